The summed E-state index contributed by atoms with van der Waals surface area (Å²) in [5, 5.41) is 24.1. The Hall–Kier alpha value is -3.81. The number of aromatic amines is 1. The number of H-pyrrole nitrogens is 1. The zero-order valence-corrected chi connectivity index (χ0v) is 14.0. The predicted molar refractivity (Wildman–Crippen MR) is 102 cm³/mol. The predicted octanol–water partition coefficient (Wildman–Crippen LogP) is 2.33. The number of hydrogen-bond acceptors (Lipinski definition) is 4. The number of aromatic hydroxyl groups is 1. The fraction of sp³-hybridized carbons (Fsp3) is 0.0556. The summed E-state index contributed by atoms with van der Waals surface area (Å²) in [5.74, 6) is -0.368. The Morgan fingerprint density at radius 3 is 2.62 bits per heavy atom. The first-order valence-corrected chi connectivity index (χ1v) is 7.80. The fourth-order valence-corrected chi connectivity index (χ4v) is 2.44. The summed E-state index contributed by atoms with van der Waals surface area (Å²) in [6.07, 6.45) is 0. The highest BCUT2D eigenvalue weighted by Gasteiger charge is 2.10. The molecule has 0 unspecified atom stereocenters. The molecule has 2 aromatic carbocycles. The lowest BCUT2D eigenvalue weighted by molar-refractivity contribution is 0.102. The molecule has 3 rings (SSSR count). The van der Waals surface area contributed by atoms with Gasteiger partial charge in [-0.15, -0.1) is 0 Å². The van der Waals surface area contributed by atoms with Crippen LogP contribution >= 0.6 is 0 Å². The number of amides is 1. The van der Waals surface area contributed by atoms with Crippen LogP contribution in [-0.2, 0) is 0 Å². The molecule has 7 N–H and O–H groups in total. The van der Waals surface area contributed by atoms with E-state index in [9.17, 15) is 9.90 Å². The number of fused-ring (bicyclic) bond motifs is 1. The quantitative estimate of drug-likeness (QED) is 0.244. The number of benzene rings is 2. The number of carbonyl (C=O) groups excluding carboxylic acids is 1. The highest BCUT2D eigenvalue weighted by atomic mass is 16.3. The monoisotopic (exact) mass is 350 g/mol. The molecule has 132 valence electrons. The second kappa shape index (κ2) is 6.98. The van der Waals surface area contributed by atoms with Crippen molar-refractivity contribution < 1.29 is 9.90 Å². The number of rotatable bonds is 4. The minimum absolute atomic E-state index is 0.148. The number of phenolic OH excluding ortho intramolecular Hbond substituents is 1. The highest BCUT2D eigenvalue weighted by molar-refractivity contribution is 6.06. The van der Waals surface area contributed by atoms with Crippen LogP contribution in [0.3, 0.4) is 0 Å². The van der Waals surface area contributed by atoms with E-state index in [1.165, 1.54) is 0 Å². The van der Waals surface area contributed by atoms with Gasteiger partial charge in [-0.3, -0.25) is 10.2 Å². The van der Waals surface area contributed by atoms with Gasteiger partial charge in [0.15, 0.2) is 0 Å². The summed E-state index contributed by atoms with van der Waals surface area (Å²) >= 11 is 0. The molecule has 0 bridgehead atoms. The van der Waals surface area contributed by atoms with Crippen molar-refractivity contribution in [2.75, 3.05) is 5.32 Å². The lowest BCUT2D eigenvalue weighted by Gasteiger charge is -2.06. The number of hydrazone groups is 1. The number of hydrogen-bond donors (Lipinski definition) is 6. The van der Waals surface area contributed by atoms with E-state index in [1.807, 2.05) is 0 Å². The van der Waals surface area contributed by atoms with Crippen LogP contribution in [-0.4, -0.2) is 27.7 Å². The first kappa shape index (κ1) is 17.0. The van der Waals surface area contributed by atoms with E-state index in [1.54, 1.807) is 55.5 Å². The molecule has 0 aliphatic carbocycles. The van der Waals surface area contributed by atoms with Gasteiger partial charge in [0.2, 0.25) is 5.96 Å². The number of nitrogens with one attached hydrogen (secondary N) is 4. The molecule has 8 nitrogen and oxygen atoms in total. The van der Waals surface area contributed by atoms with E-state index >= 15 is 0 Å². The number of nitrogens with two attached hydrogens (primary N) is 1. The maximum absolute atomic E-state index is 12.4. The first-order valence-electron chi connectivity index (χ1n) is 7.80. The van der Waals surface area contributed by atoms with Gasteiger partial charge in [-0.05, 0) is 48.9 Å². The molecule has 1 heterocycles. The third-order valence-electron chi connectivity index (χ3n) is 3.75. The molecule has 0 saturated heterocycles. The van der Waals surface area contributed by atoms with Crippen molar-refractivity contribution in [3.05, 3.63) is 59.8 Å². The van der Waals surface area contributed by atoms with Gasteiger partial charge in [0.1, 0.15) is 11.4 Å². The fourth-order valence-electron chi connectivity index (χ4n) is 2.44. The van der Waals surface area contributed by atoms with Crippen molar-refractivity contribution in [1.82, 2.24) is 10.4 Å². The number of nitrogens with zero attached hydrogens (tertiary/aromatic N) is 1. The van der Waals surface area contributed by atoms with Gasteiger partial charge in [-0.1, -0.05) is 12.1 Å². The summed E-state index contributed by atoms with van der Waals surface area (Å²) in [6.45, 7) is 1.78. The van der Waals surface area contributed by atoms with E-state index in [2.05, 4.69) is 20.8 Å². The van der Waals surface area contributed by atoms with Gasteiger partial charge in [0, 0.05) is 16.6 Å². The standard InChI is InChI=1S/C18H18N6O2/c1-10(23-24-18(19)20)11-2-4-13(5-3-11)21-17(26)16-9-12-8-14(25)6-7-15(12)22-16/h2-9,22,25H,1H3,(H,21,26)(H4,19,20,24)/b23-10+. The summed E-state index contributed by atoms with van der Waals surface area (Å²) in [7, 11) is 0. The SMILES string of the molecule is C/C(=N\NC(=N)N)c1ccc(NC(=O)c2cc3cc(O)ccc3[nH]2)cc1. The topological polar surface area (TPSA) is 139 Å². The zero-order chi connectivity index (χ0) is 18.7. The summed E-state index contributed by atoms with van der Waals surface area (Å²) in [4.78, 5) is 15.4. The number of carbonyl (C=O) groups is 1. The zero-order valence-electron chi connectivity index (χ0n) is 14.0. The molecule has 0 saturated carbocycles. The van der Waals surface area contributed by atoms with Crippen molar-refractivity contribution in [2.45, 2.75) is 6.92 Å². The molecule has 3 aromatic rings. The van der Waals surface area contributed by atoms with Crippen LogP contribution in [0.15, 0.2) is 53.6 Å². The van der Waals surface area contributed by atoms with Crippen LogP contribution in [0.25, 0.3) is 10.9 Å². The average Bonchev–Trinajstić information content (AvgIpc) is 3.03. The Morgan fingerprint density at radius 1 is 1.19 bits per heavy atom. The van der Waals surface area contributed by atoms with E-state index in [0.717, 1.165) is 16.5 Å². The molecule has 0 atom stereocenters. The average molecular weight is 350 g/mol. The van der Waals surface area contributed by atoms with E-state index in [4.69, 9.17) is 11.1 Å². The molecule has 26 heavy (non-hydrogen) atoms. The van der Waals surface area contributed by atoms with Gasteiger partial charge in [0.05, 0.1) is 5.71 Å². The molecule has 0 radical (unpaired) electrons. The number of anilines is 1. The molecular weight excluding hydrogens is 332 g/mol. The Bertz CT molecular complexity index is 1000. The maximum Gasteiger partial charge on any atom is 0.272 e. The van der Waals surface area contributed by atoms with Crippen LogP contribution in [0, 0.1) is 5.41 Å². The van der Waals surface area contributed by atoms with Gasteiger partial charge in [-0.2, -0.15) is 5.10 Å². The minimum Gasteiger partial charge on any atom is -0.508 e. The van der Waals surface area contributed by atoms with Crippen LogP contribution in [0.4, 0.5) is 5.69 Å². The normalized spacial score (nSPS) is 11.3. The number of phenols is 1. The van der Waals surface area contributed by atoms with Gasteiger partial charge in [0.25, 0.3) is 5.91 Å². The first-order chi connectivity index (χ1) is 12.4. The molecule has 0 spiro atoms. The Morgan fingerprint density at radius 2 is 1.92 bits per heavy atom. The van der Waals surface area contributed by atoms with Crippen LogP contribution in [0.5, 0.6) is 5.75 Å². The lowest BCUT2D eigenvalue weighted by Crippen LogP contribution is -2.26. The van der Waals surface area contributed by atoms with Gasteiger partial charge >= 0.3 is 0 Å². The third-order valence-corrected chi connectivity index (χ3v) is 3.75. The highest BCUT2D eigenvalue weighted by Crippen LogP contribution is 2.21. The van der Waals surface area contributed by atoms with Crippen molar-refractivity contribution >= 4 is 34.2 Å². The smallest absolute Gasteiger partial charge is 0.272 e. The number of aromatic nitrogens is 1. The molecule has 0 fully saturated rings. The van der Waals surface area contributed by atoms with Crippen molar-refractivity contribution in [3.63, 3.8) is 0 Å². The Kier molecular flexibility index (Phi) is 4.57. The van der Waals surface area contributed by atoms with E-state index in [0.29, 0.717) is 17.1 Å². The second-order valence-electron chi connectivity index (χ2n) is 5.71. The molecular formula is C18H18N6O2. The number of guanidine groups is 1. The lowest BCUT2D eigenvalue weighted by atomic mass is 10.1. The van der Waals surface area contributed by atoms with Crippen molar-refractivity contribution in [2.24, 2.45) is 10.8 Å². The molecule has 0 aliphatic rings. The van der Waals surface area contributed by atoms with Crippen LogP contribution in [0.2, 0.25) is 0 Å². The van der Waals surface area contributed by atoms with Gasteiger partial charge < -0.3 is 21.1 Å². The second-order valence-corrected chi connectivity index (χ2v) is 5.71. The summed E-state index contributed by atoms with van der Waals surface area (Å²) in [6, 6.07) is 13.7. The molecule has 1 amide bonds. The van der Waals surface area contributed by atoms with E-state index in [-0.39, 0.29) is 17.6 Å². The molecule has 0 aliphatic heterocycles. The van der Waals surface area contributed by atoms with E-state index < -0.39 is 0 Å². The minimum atomic E-state index is -0.280. The maximum atomic E-state index is 12.4. The van der Waals surface area contributed by atoms with Crippen LogP contribution in [0.1, 0.15) is 23.0 Å². The van der Waals surface area contributed by atoms with Crippen molar-refractivity contribution in [1.29, 1.82) is 5.41 Å². The van der Waals surface area contributed by atoms with Crippen molar-refractivity contribution in [3.8, 4) is 5.75 Å². The van der Waals surface area contributed by atoms with Gasteiger partial charge in [-0.25, -0.2) is 5.43 Å². The Balaban J connectivity index is 1.72. The molecule has 8 heteroatoms. The third kappa shape index (κ3) is 3.81. The largest absolute Gasteiger partial charge is 0.508 e. The Labute approximate surface area is 149 Å². The summed E-state index contributed by atoms with van der Waals surface area (Å²) in [5.41, 5.74) is 10.9. The van der Waals surface area contributed by atoms with Crippen LogP contribution < -0.4 is 16.5 Å². The molecule has 1 aromatic heterocycles. The summed E-state index contributed by atoms with van der Waals surface area (Å²) < 4.78 is 0.